The minimum absolute atomic E-state index is 0.692. The van der Waals surface area contributed by atoms with Gasteiger partial charge < -0.3 is 9.13 Å². The fourth-order valence-electron chi connectivity index (χ4n) is 5.25. The Bertz CT molecular complexity index is 1650. The van der Waals surface area contributed by atoms with Crippen LogP contribution in [0.1, 0.15) is 0 Å². The van der Waals surface area contributed by atoms with Gasteiger partial charge in [-0.2, -0.15) is 0 Å². The molecule has 5 aromatic carbocycles. The number of fused-ring (bicyclic) bond motifs is 6. The quantitative estimate of drug-likeness (QED) is 0.214. The summed E-state index contributed by atoms with van der Waals surface area (Å²) in [5.41, 5.74) is 6.64. The van der Waals surface area contributed by atoms with E-state index in [1.54, 1.807) is 0 Å². The number of rotatable bonds is 2. The molecule has 0 amide bonds. The summed E-state index contributed by atoms with van der Waals surface area (Å²) < 4.78 is 5.60. The van der Waals surface area contributed by atoms with Crippen molar-refractivity contribution in [2.24, 2.45) is 0 Å². The van der Waals surface area contributed by atoms with Crippen LogP contribution in [0.15, 0.2) is 114 Å². The van der Waals surface area contributed by atoms with Crippen LogP contribution in [0.5, 0.6) is 0 Å². The molecule has 0 atom stereocenters. The van der Waals surface area contributed by atoms with Gasteiger partial charge >= 0.3 is 0 Å². The third-order valence-corrected chi connectivity index (χ3v) is 7.67. The van der Waals surface area contributed by atoms with Crippen molar-refractivity contribution in [2.75, 3.05) is 0 Å². The average Bonchev–Trinajstić information content (AvgIpc) is 3.39. The Morgan fingerprint density at radius 3 is 1.09 bits per heavy atom. The van der Waals surface area contributed by atoms with Crippen molar-refractivity contribution in [1.82, 2.24) is 9.13 Å². The number of hydrogen-bond acceptors (Lipinski definition) is 0. The molecule has 2 aromatic heterocycles. The van der Waals surface area contributed by atoms with Crippen LogP contribution in [0.25, 0.3) is 55.0 Å². The lowest BCUT2D eigenvalue weighted by Crippen LogP contribution is -2.01. The molecule has 0 aliphatic rings. The zero-order chi connectivity index (χ0) is 22.8. The van der Waals surface area contributed by atoms with Gasteiger partial charge in [-0.3, -0.25) is 0 Å². The van der Waals surface area contributed by atoms with Gasteiger partial charge in [0, 0.05) is 26.6 Å². The lowest BCUT2D eigenvalue weighted by molar-refractivity contribution is 1.12. The molecule has 0 aliphatic heterocycles. The van der Waals surface area contributed by atoms with E-state index < -0.39 is 0 Å². The van der Waals surface area contributed by atoms with Crippen molar-refractivity contribution in [2.45, 2.75) is 0 Å². The largest absolute Gasteiger partial charge is 0.308 e. The second-order valence-electron chi connectivity index (χ2n) is 8.50. The number of benzene rings is 5. The zero-order valence-electron chi connectivity index (χ0n) is 18.0. The van der Waals surface area contributed by atoms with Crippen molar-refractivity contribution in [3.05, 3.63) is 119 Å². The first-order valence-corrected chi connectivity index (χ1v) is 12.4. The molecule has 0 radical (unpaired) electrons. The van der Waals surface area contributed by atoms with Crippen LogP contribution in [0.4, 0.5) is 0 Å². The van der Waals surface area contributed by atoms with E-state index in [2.05, 4.69) is 122 Å². The SMILES string of the molecule is Clc1cc(-n2c3ccccc3c3ccccc32)c(Br)c(-n2c3ccccc3c3ccccc32)c1. The molecule has 0 saturated carbocycles. The van der Waals surface area contributed by atoms with Gasteiger partial charge in [-0.25, -0.2) is 0 Å². The first-order chi connectivity index (χ1) is 16.7. The second kappa shape index (κ2) is 7.49. The lowest BCUT2D eigenvalue weighted by Gasteiger charge is -2.17. The number of hydrogen-bond donors (Lipinski definition) is 0. The molecule has 7 aromatic rings. The Morgan fingerprint density at radius 1 is 0.471 bits per heavy atom. The standard InChI is InChI=1S/C30H18BrClN2/c31-30-28(33-24-13-5-1-9-20(24)21-10-2-6-14-25(21)33)17-19(32)18-29(30)34-26-15-7-3-11-22(26)23-12-4-8-16-27(23)34/h1-18H. The highest BCUT2D eigenvalue weighted by Gasteiger charge is 2.19. The minimum Gasteiger partial charge on any atom is -0.308 e. The molecule has 0 N–H and O–H groups in total. The molecule has 162 valence electrons. The van der Waals surface area contributed by atoms with Crippen molar-refractivity contribution in [3.63, 3.8) is 0 Å². The van der Waals surface area contributed by atoms with E-state index in [1.165, 1.54) is 21.5 Å². The van der Waals surface area contributed by atoms with Crippen LogP contribution >= 0.6 is 27.5 Å². The minimum atomic E-state index is 0.692. The number of halogens is 2. The molecule has 0 fully saturated rings. The van der Waals surface area contributed by atoms with Gasteiger partial charge in [0.05, 0.1) is 37.9 Å². The summed E-state index contributed by atoms with van der Waals surface area (Å²) in [6.45, 7) is 0. The van der Waals surface area contributed by atoms with Gasteiger partial charge in [0.25, 0.3) is 0 Å². The summed E-state index contributed by atoms with van der Waals surface area (Å²) in [5.74, 6) is 0. The molecule has 4 heteroatoms. The van der Waals surface area contributed by atoms with Gasteiger partial charge in [-0.05, 0) is 52.3 Å². The van der Waals surface area contributed by atoms with Gasteiger partial charge in [-0.1, -0.05) is 84.4 Å². The Kier molecular flexibility index (Phi) is 4.38. The molecule has 0 saturated heterocycles. The Morgan fingerprint density at radius 2 is 0.765 bits per heavy atom. The molecule has 0 bridgehead atoms. The zero-order valence-corrected chi connectivity index (χ0v) is 20.4. The summed E-state index contributed by atoms with van der Waals surface area (Å²) in [4.78, 5) is 0. The molecular formula is C30H18BrClN2. The first-order valence-electron chi connectivity index (χ1n) is 11.2. The topological polar surface area (TPSA) is 9.86 Å². The van der Waals surface area contributed by atoms with Crippen LogP contribution in [0.3, 0.4) is 0 Å². The maximum absolute atomic E-state index is 6.81. The Hall–Kier alpha value is -3.53. The molecule has 0 aliphatic carbocycles. The van der Waals surface area contributed by atoms with Crippen molar-refractivity contribution in [1.29, 1.82) is 0 Å². The van der Waals surface area contributed by atoms with E-state index in [0.29, 0.717) is 5.02 Å². The number of aromatic nitrogens is 2. The summed E-state index contributed by atoms with van der Waals surface area (Å²) in [5, 5.41) is 5.59. The fourth-order valence-corrected chi connectivity index (χ4v) is 6.04. The predicted octanol–water partition coefficient (Wildman–Crippen LogP) is 9.30. The molecule has 2 heterocycles. The van der Waals surface area contributed by atoms with E-state index in [4.69, 9.17) is 11.6 Å². The van der Waals surface area contributed by atoms with Crippen LogP contribution in [-0.2, 0) is 0 Å². The molecular weight excluding hydrogens is 504 g/mol. The summed E-state index contributed by atoms with van der Waals surface area (Å²) in [6, 6.07) is 38.2. The Balaban J connectivity index is 1.62. The van der Waals surface area contributed by atoms with Crippen molar-refractivity contribution >= 4 is 71.1 Å². The van der Waals surface area contributed by atoms with Gasteiger partial charge in [0.15, 0.2) is 0 Å². The monoisotopic (exact) mass is 520 g/mol. The Labute approximate surface area is 209 Å². The average molecular weight is 522 g/mol. The second-order valence-corrected chi connectivity index (χ2v) is 9.73. The third kappa shape index (κ3) is 2.74. The highest BCUT2D eigenvalue weighted by Crippen LogP contribution is 2.41. The number of nitrogens with zero attached hydrogens (tertiary/aromatic N) is 2. The summed E-state index contributed by atoms with van der Waals surface area (Å²) >= 11 is 10.8. The summed E-state index contributed by atoms with van der Waals surface area (Å²) in [7, 11) is 0. The van der Waals surface area contributed by atoms with Gasteiger partial charge in [0.2, 0.25) is 0 Å². The number of para-hydroxylation sites is 4. The van der Waals surface area contributed by atoms with E-state index >= 15 is 0 Å². The maximum atomic E-state index is 6.81. The summed E-state index contributed by atoms with van der Waals surface area (Å²) in [6.07, 6.45) is 0. The van der Waals surface area contributed by atoms with Crippen LogP contribution in [0.2, 0.25) is 5.02 Å². The molecule has 34 heavy (non-hydrogen) atoms. The van der Waals surface area contributed by atoms with Crippen molar-refractivity contribution < 1.29 is 0 Å². The van der Waals surface area contributed by atoms with E-state index in [0.717, 1.165) is 37.9 Å². The smallest absolute Gasteiger partial charge is 0.0657 e. The van der Waals surface area contributed by atoms with Gasteiger partial charge in [0.1, 0.15) is 0 Å². The van der Waals surface area contributed by atoms with Crippen LogP contribution in [-0.4, -0.2) is 9.13 Å². The van der Waals surface area contributed by atoms with Gasteiger partial charge in [-0.15, -0.1) is 0 Å². The molecule has 2 nitrogen and oxygen atoms in total. The predicted molar refractivity (Wildman–Crippen MR) is 148 cm³/mol. The highest BCUT2D eigenvalue weighted by atomic mass is 79.9. The normalized spacial score (nSPS) is 11.8. The third-order valence-electron chi connectivity index (χ3n) is 6.64. The van der Waals surface area contributed by atoms with E-state index in [-0.39, 0.29) is 0 Å². The highest BCUT2D eigenvalue weighted by molar-refractivity contribution is 9.10. The van der Waals surface area contributed by atoms with Crippen LogP contribution < -0.4 is 0 Å². The fraction of sp³-hybridized carbons (Fsp3) is 0. The van der Waals surface area contributed by atoms with Crippen molar-refractivity contribution in [3.8, 4) is 11.4 Å². The van der Waals surface area contributed by atoms with E-state index in [9.17, 15) is 0 Å². The molecule has 0 unspecified atom stereocenters. The maximum Gasteiger partial charge on any atom is 0.0657 e. The lowest BCUT2D eigenvalue weighted by atomic mass is 10.2. The van der Waals surface area contributed by atoms with Crippen LogP contribution in [0, 0.1) is 0 Å². The molecule has 0 spiro atoms. The first kappa shape index (κ1) is 19.9. The van der Waals surface area contributed by atoms with E-state index in [1.807, 2.05) is 12.1 Å². The molecule has 7 rings (SSSR count).